The fourth-order valence-corrected chi connectivity index (χ4v) is 3.15. The summed E-state index contributed by atoms with van der Waals surface area (Å²) >= 11 is 0. The molecule has 4 rings (SSSR count). The summed E-state index contributed by atoms with van der Waals surface area (Å²) in [6, 6.07) is 17.7. The van der Waals surface area contributed by atoms with Crippen LogP contribution in [-0.4, -0.2) is 30.3 Å². The molecule has 0 saturated heterocycles. The van der Waals surface area contributed by atoms with Gasteiger partial charge in [0.15, 0.2) is 0 Å². The normalized spacial score (nSPS) is 14.3. The van der Waals surface area contributed by atoms with Crippen molar-refractivity contribution in [2.24, 2.45) is 0 Å². The minimum absolute atomic E-state index is 0.288. The van der Waals surface area contributed by atoms with E-state index < -0.39 is 0 Å². The Morgan fingerprint density at radius 1 is 0.926 bits per heavy atom. The van der Waals surface area contributed by atoms with Gasteiger partial charge < -0.3 is 14.6 Å². The average Bonchev–Trinajstić information content (AvgIpc) is 3.21. The second-order valence-electron chi connectivity index (χ2n) is 6.66. The molecule has 1 saturated carbocycles. The van der Waals surface area contributed by atoms with Crippen LogP contribution in [0.3, 0.4) is 0 Å². The molecule has 0 spiro atoms. The van der Waals surface area contributed by atoms with Crippen molar-refractivity contribution in [3.05, 3.63) is 54.6 Å². The molecular formula is C22H27N3O2. The molecular weight excluding hydrogens is 338 g/mol. The van der Waals surface area contributed by atoms with Crippen molar-refractivity contribution in [2.45, 2.75) is 38.2 Å². The Labute approximate surface area is 160 Å². The van der Waals surface area contributed by atoms with Crippen LogP contribution in [0.5, 0.6) is 5.75 Å². The molecule has 0 aliphatic heterocycles. The van der Waals surface area contributed by atoms with Crippen LogP contribution in [0.4, 0.5) is 0 Å². The molecule has 0 radical (unpaired) electrons. The lowest BCUT2D eigenvalue weighted by molar-refractivity contribution is 0.155. The maximum Gasteiger partial charge on any atom is 0.262 e. The number of ether oxygens (including phenoxy) is 1. The number of rotatable bonds is 4. The fraction of sp³-hybridized carbons (Fsp3) is 0.364. The number of hydrogen-bond donors (Lipinski definition) is 1. The maximum atomic E-state index is 6.23. The molecule has 0 atom stereocenters. The molecule has 1 heterocycles. The first kappa shape index (κ1) is 19.1. The second-order valence-corrected chi connectivity index (χ2v) is 6.66. The van der Waals surface area contributed by atoms with E-state index in [1.807, 2.05) is 68.7 Å². The van der Waals surface area contributed by atoms with Crippen LogP contribution in [0.2, 0.25) is 0 Å². The summed E-state index contributed by atoms with van der Waals surface area (Å²) in [6.07, 6.45) is 6.32. The van der Waals surface area contributed by atoms with Crippen molar-refractivity contribution >= 4 is 0 Å². The average molecular weight is 365 g/mol. The van der Waals surface area contributed by atoms with Gasteiger partial charge in [-0.25, -0.2) is 0 Å². The third kappa shape index (κ3) is 5.17. The summed E-state index contributed by atoms with van der Waals surface area (Å²) in [7, 11) is 3.75. The Hall–Kier alpha value is -2.66. The van der Waals surface area contributed by atoms with E-state index >= 15 is 0 Å². The summed E-state index contributed by atoms with van der Waals surface area (Å²) in [5.41, 5.74) is 1.80. The lowest BCUT2D eigenvalue weighted by Gasteiger charge is -2.23. The molecule has 27 heavy (non-hydrogen) atoms. The number of hydrogen-bond acceptors (Lipinski definition) is 5. The molecule has 1 aliphatic rings. The minimum atomic E-state index is 0.288. The Morgan fingerprint density at radius 3 is 2.33 bits per heavy atom. The van der Waals surface area contributed by atoms with Crippen LogP contribution < -0.4 is 10.1 Å². The van der Waals surface area contributed by atoms with Crippen molar-refractivity contribution in [3.8, 4) is 28.6 Å². The predicted octanol–water partition coefficient (Wildman–Crippen LogP) is 4.95. The minimum Gasteiger partial charge on any atom is -0.490 e. The van der Waals surface area contributed by atoms with E-state index in [1.165, 1.54) is 19.3 Å². The number of para-hydroxylation sites is 1. The molecule has 0 bridgehead atoms. The van der Waals surface area contributed by atoms with Crippen LogP contribution in [0.25, 0.3) is 22.8 Å². The number of nitrogens with one attached hydrogen (secondary N) is 1. The first-order chi connectivity index (χ1) is 13.3. The number of nitrogens with zero attached hydrogens (tertiary/aromatic N) is 2. The van der Waals surface area contributed by atoms with Gasteiger partial charge >= 0.3 is 0 Å². The zero-order chi connectivity index (χ0) is 18.9. The van der Waals surface area contributed by atoms with Crippen molar-refractivity contribution in [1.29, 1.82) is 0 Å². The largest absolute Gasteiger partial charge is 0.490 e. The smallest absolute Gasteiger partial charge is 0.262 e. The SMILES string of the molecule is CNC.c1ccc(-c2noc(-c3ccccc3OC3CCCCC3)n2)cc1. The van der Waals surface area contributed by atoms with Gasteiger partial charge in [-0.3, -0.25) is 0 Å². The van der Waals surface area contributed by atoms with Gasteiger partial charge in [0.2, 0.25) is 5.82 Å². The highest BCUT2D eigenvalue weighted by molar-refractivity contribution is 5.65. The van der Waals surface area contributed by atoms with E-state index in [0.29, 0.717) is 11.7 Å². The van der Waals surface area contributed by atoms with E-state index in [-0.39, 0.29) is 6.10 Å². The van der Waals surface area contributed by atoms with E-state index in [9.17, 15) is 0 Å². The van der Waals surface area contributed by atoms with Gasteiger partial charge in [0.05, 0.1) is 11.7 Å². The van der Waals surface area contributed by atoms with E-state index in [0.717, 1.165) is 29.7 Å². The van der Waals surface area contributed by atoms with Gasteiger partial charge in [0, 0.05) is 5.56 Å². The zero-order valence-corrected chi connectivity index (χ0v) is 16.0. The molecule has 0 amide bonds. The molecule has 5 heteroatoms. The molecule has 2 aromatic carbocycles. The van der Waals surface area contributed by atoms with Crippen molar-refractivity contribution in [2.75, 3.05) is 14.1 Å². The molecule has 1 fully saturated rings. The molecule has 5 nitrogen and oxygen atoms in total. The fourth-order valence-electron chi connectivity index (χ4n) is 3.15. The predicted molar refractivity (Wildman–Crippen MR) is 108 cm³/mol. The molecule has 0 unspecified atom stereocenters. The van der Waals surface area contributed by atoms with Gasteiger partial charge in [-0.05, 0) is 51.9 Å². The van der Waals surface area contributed by atoms with E-state index in [2.05, 4.69) is 15.5 Å². The van der Waals surface area contributed by atoms with Gasteiger partial charge in [-0.2, -0.15) is 4.98 Å². The Kier molecular flexibility index (Phi) is 6.99. The van der Waals surface area contributed by atoms with Gasteiger partial charge in [-0.15, -0.1) is 0 Å². The van der Waals surface area contributed by atoms with E-state index in [1.54, 1.807) is 0 Å². The summed E-state index contributed by atoms with van der Waals surface area (Å²) in [6.45, 7) is 0. The van der Waals surface area contributed by atoms with Crippen molar-refractivity contribution < 1.29 is 9.26 Å². The Bertz CT molecular complexity index is 811. The van der Waals surface area contributed by atoms with E-state index in [4.69, 9.17) is 9.26 Å². The Morgan fingerprint density at radius 2 is 1.59 bits per heavy atom. The van der Waals surface area contributed by atoms with Crippen molar-refractivity contribution in [3.63, 3.8) is 0 Å². The molecule has 1 aliphatic carbocycles. The van der Waals surface area contributed by atoms with Gasteiger partial charge in [0.1, 0.15) is 5.75 Å². The highest BCUT2D eigenvalue weighted by Gasteiger charge is 2.19. The first-order valence-corrected chi connectivity index (χ1v) is 9.55. The van der Waals surface area contributed by atoms with Crippen LogP contribution in [0.1, 0.15) is 32.1 Å². The molecule has 142 valence electrons. The highest BCUT2D eigenvalue weighted by atomic mass is 16.5. The molecule has 1 N–H and O–H groups in total. The van der Waals surface area contributed by atoms with Crippen LogP contribution >= 0.6 is 0 Å². The van der Waals surface area contributed by atoms with Crippen LogP contribution in [0.15, 0.2) is 59.1 Å². The van der Waals surface area contributed by atoms with Gasteiger partial charge in [-0.1, -0.05) is 54.0 Å². The lowest BCUT2D eigenvalue weighted by Crippen LogP contribution is -2.19. The highest BCUT2D eigenvalue weighted by Crippen LogP contribution is 2.32. The standard InChI is InChI=1S/C20H20N2O2.C2H7N/c1-3-9-15(10-4-1)19-21-20(24-22-19)17-13-7-8-14-18(17)23-16-11-5-2-6-12-16;1-3-2/h1,3-4,7-10,13-14,16H,2,5-6,11-12H2;3H,1-2H3. The molecule has 1 aromatic heterocycles. The summed E-state index contributed by atoms with van der Waals surface area (Å²) in [4.78, 5) is 4.55. The first-order valence-electron chi connectivity index (χ1n) is 9.55. The summed E-state index contributed by atoms with van der Waals surface area (Å²) < 4.78 is 11.7. The third-order valence-corrected chi connectivity index (χ3v) is 4.42. The maximum absolute atomic E-state index is 6.23. The van der Waals surface area contributed by atoms with Crippen LogP contribution in [0, 0.1) is 0 Å². The van der Waals surface area contributed by atoms with Crippen molar-refractivity contribution in [1.82, 2.24) is 15.5 Å². The summed E-state index contributed by atoms with van der Waals surface area (Å²) in [5, 5.41) is 6.86. The summed E-state index contributed by atoms with van der Waals surface area (Å²) in [5.74, 6) is 1.92. The third-order valence-electron chi connectivity index (χ3n) is 4.42. The zero-order valence-electron chi connectivity index (χ0n) is 16.0. The van der Waals surface area contributed by atoms with Gasteiger partial charge in [0.25, 0.3) is 5.89 Å². The molecule has 3 aromatic rings. The monoisotopic (exact) mass is 365 g/mol. The topological polar surface area (TPSA) is 60.2 Å². The number of benzene rings is 2. The van der Waals surface area contributed by atoms with Crippen LogP contribution in [-0.2, 0) is 0 Å². The lowest BCUT2D eigenvalue weighted by atomic mass is 9.97. The Balaban J connectivity index is 0.000000659. The quantitative estimate of drug-likeness (QED) is 0.709. The number of aromatic nitrogens is 2. The second kappa shape index (κ2) is 9.88.